The molecule has 7 heteroatoms. The van der Waals surface area contributed by atoms with Gasteiger partial charge < -0.3 is 9.42 Å². The summed E-state index contributed by atoms with van der Waals surface area (Å²) >= 11 is 6.39. The van der Waals surface area contributed by atoms with Crippen molar-refractivity contribution in [3.8, 4) is 11.3 Å². The number of anilines is 1. The Hall–Kier alpha value is -2.47. The lowest BCUT2D eigenvalue weighted by Crippen LogP contribution is -2.30. The number of aromatic nitrogens is 4. The van der Waals surface area contributed by atoms with E-state index in [1.165, 1.54) is 0 Å². The minimum atomic E-state index is 0.595. The summed E-state index contributed by atoms with van der Waals surface area (Å²) in [6.07, 6.45) is 4.33. The van der Waals surface area contributed by atoms with E-state index < -0.39 is 0 Å². The van der Waals surface area contributed by atoms with Gasteiger partial charge in [0.25, 0.3) is 0 Å². The van der Waals surface area contributed by atoms with E-state index in [4.69, 9.17) is 16.1 Å². The second-order valence-electron chi connectivity index (χ2n) is 6.01. The van der Waals surface area contributed by atoms with Crippen LogP contribution in [-0.4, -0.2) is 26.9 Å². The molecule has 0 saturated heterocycles. The molecule has 122 valence electrons. The Labute approximate surface area is 144 Å². The van der Waals surface area contributed by atoms with Gasteiger partial charge in [0.1, 0.15) is 11.5 Å². The molecule has 0 aromatic carbocycles. The van der Waals surface area contributed by atoms with Crippen molar-refractivity contribution in [2.45, 2.75) is 26.8 Å². The summed E-state index contributed by atoms with van der Waals surface area (Å²) in [5, 5.41) is 8.21. The first-order valence-corrected chi connectivity index (χ1v) is 8.14. The predicted molar refractivity (Wildman–Crippen MR) is 91.0 cm³/mol. The van der Waals surface area contributed by atoms with Crippen molar-refractivity contribution in [3.63, 3.8) is 0 Å². The quantitative estimate of drug-likeness (QED) is 0.712. The summed E-state index contributed by atoms with van der Waals surface area (Å²) in [7, 11) is 0. The summed E-state index contributed by atoms with van der Waals surface area (Å²) in [6.45, 7) is 5.49. The number of rotatable bonds is 2. The summed E-state index contributed by atoms with van der Waals surface area (Å²) in [6, 6.07) is 4.09. The first kappa shape index (κ1) is 15.1. The zero-order valence-corrected chi connectivity index (χ0v) is 14.2. The van der Waals surface area contributed by atoms with Crippen LogP contribution >= 0.6 is 11.6 Å². The van der Waals surface area contributed by atoms with Crippen LogP contribution < -0.4 is 4.90 Å². The molecular weight excluding hydrogens is 326 g/mol. The number of hydrogen-bond donors (Lipinski definition) is 0. The second-order valence-corrected chi connectivity index (χ2v) is 6.42. The number of halogens is 1. The molecule has 0 bridgehead atoms. The van der Waals surface area contributed by atoms with Crippen LogP contribution in [0.5, 0.6) is 0 Å². The first-order chi connectivity index (χ1) is 11.6. The highest BCUT2D eigenvalue weighted by molar-refractivity contribution is 6.33. The van der Waals surface area contributed by atoms with E-state index in [-0.39, 0.29) is 0 Å². The van der Waals surface area contributed by atoms with Gasteiger partial charge in [-0.1, -0.05) is 17.7 Å². The van der Waals surface area contributed by atoms with Gasteiger partial charge in [-0.2, -0.15) is 0 Å². The van der Waals surface area contributed by atoms with Gasteiger partial charge in [0, 0.05) is 36.2 Å². The maximum Gasteiger partial charge on any atom is 0.179 e. The van der Waals surface area contributed by atoms with Gasteiger partial charge in [-0.05, 0) is 31.0 Å². The molecule has 3 aromatic heterocycles. The molecule has 0 unspecified atom stereocenters. The van der Waals surface area contributed by atoms with E-state index in [2.05, 4.69) is 31.3 Å². The van der Waals surface area contributed by atoms with Gasteiger partial charge in [-0.15, -0.1) is 5.10 Å². The number of pyridine rings is 2. The molecule has 1 aliphatic rings. The Balaban J connectivity index is 1.72. The predicted octanol–water partition coefficient (Wildman–Crippen LogP) is 3.36. The number of aryl methyl sites for hydroxylation is 2. The molecule has 0 N–H and O–H groups in total. The van der Waals surface area contributed by atoms with Crippen molar-refractivity contribution < 1.29 is 4.52 Å². The van der Waals surface area contributed by atoms with Gasteiger partial charge >= 0.3 is 0 Å². The minimum absolute atomic E-state index is 0.595. The molecule has 3 aromatic rings. The monoisotopic (exact) mass is 341 g/mol. The normalized spacial score (nSPS) is 13.9. The molecule has 4 heterocycles. The summed E-state index contributed by atoms with van der Waals surface area (Å²) in [5.41, 5.74) is 4.92. The van der Waals surface area contributed by atoms with E-state index >= 15 is 0 Å². The van der Waals surface area contributed by atoms with Crippen LogP contribution in [0.2, 0.25) is 5.02 Å². The molecule has 0 aliphatic carbocycles. The largest absolute Gasteiger partial charge is 0.349 e. The van der Waals surface area contributed by atoms with Gasteiger partial charge in [-0.3, -0.25) is 4.98 Å². The summed E-state index contributed by atoms with van der Waals surface area (Å²) in [5.74, 6) is 1.64. The van der Waals surface area contributed by atoms with Crippen LogP contribution in [0.4, 0.5) is 5.82 Å². The van der Waals surface area contributed by atoms with Gasteiger partial charge in [-0.25, -0.2) is 4.98 Å². The molecular formula is C17H16ClN5O. The van der Waals surface area contributed by atoms with Crippen LogP contribution in [0.1, 0.15) is 22.6 Å². The second kappa shape index (κ2) is 5.87. The van der Waals surface area contributed by atoms with Crippen LogP contribution in [-0.2, 0) is 13.0 Å². The van der Waals surface area contributed by atoms with Crippen molar-refractivity contribution in [3.05, 3.63) is 52.1 Å². The number of hydrogen-bond acceptors (Lipinski definition) is 6. The van der Waals surface area contributed by atoms with Crippen molar-refractivity contribution in [2.24, 2.45) is 0 Å². The lowest BCUT2D eigenvalue weighted by molar-refractivity contribution is 0.358. The molecule has 0 spiro atoms. The highest BCUT2D eigenvalue weighted by atomic mass is 35.5. The average Bonchev–Trinajstić information content (AvgIpc) is 3.03. The fraction of sp³-hybridized carbons (Fsp3) is 0.294. The van der Waals surface area contributed by atoms with Crippen LogP contribution in [0.15, 0.2) is 29.0 Å². The van der Waals surface area contributed by atoms with Gasteiger partial charge in [0.05, 0.1) is 17.3 Å². The zero-order valence-electron chi connectivity index (χ0n) is 13.5. The molecule has 0 fully saturated rings. The van der Waals surface area contributed by atoms with E-state index in [1.54, 1.807) is 6.20 Å². The van der Waals surface area contributed by atoms with Crippen molar-refractivity contribution in [1.82, 2.24) is 20.3 Å². The first-order valence-electron chi connectivity index (χ1n) is 7.76. The van der Waals surface area contributed by atoms with Crippen molar-refractivity contribution >= 4 is 17.4 Å². The van der Waals surface area contributed by atoms with Gasteiger partial charge in [0.2, 0.25) is 0 Å². The third-order valence-corrected chi connectivity index (χ3v) is 4.52. The molecule has 0 saturated carbocycles. The third kappa shape index (κ3) is 2.63. The van der Waals surface area contributed by atoms with Crippen molar-refractivity contribution in [1.29, 1.82) is 0 Å². The SMILES string of the molecule is Cc1cnc(-c2cc(N3CCc4nnoc4C3)ncc2Cl)c(C)c1. The summed E-state index contributed by atoms with van der Waals surface area (Å²) < 4.78 is 5.21. The molecule has 6 nitrogen and oxygen atoms in total. The Bertz CT molecular complexity index is 908. The van der Waals surface area contributed by atoms with Crippen LogP contribution in [0.25, 0.3) is 11.3 Å². The van der Waals surface area contributed by atoms with E-state index in [0.717, 1.165) is 52.6 Å². The summed E-state index contributed by atoms with van der Waals surface area (Å²) in [4.78, 5) is 11.2. The lowest BCUT2D eigenvalue weighted by atomic mass is 10.1. The lowest BCUT2D eigenvalue weighted by Gasteiger charge is -2.26. The molecule has 0 radical (unpaired) electrons. The third-order valence-electron chi connectivity index (χ3n) is 4.22. The van der Waals surface area contributed by atoms with E-state index in [1.807, 2.05) is 26.1 Å². The highest BCUT2D eigenvalue weighted by Crippen LogP contribution is 2.32. The Morgan fingerprint density at radius 3 is 2.88 bits per heavy atom. The fourth-order valence-electron chi connectivity index (χ4n) is 3.01. The average molecular weight is 342 g/mol. The maximum atomic E-state index is 6.39. The molecule has 4 rings (SSSR count). The molecule has 0 amide bonds. The smallest absolute Gasteiger partial charge is 0.179 e. The zero-order chi connectivity index (χ0) is 16.7. The minimum Gasteiger partial charge on any atom is -0.349 e. The Morgan fingerprint density at radius 1 is 1.17 bits per heavy atom. The topological polar surface area (TPSA) is 67.9 Å². The van der Waals surface area contributed by atoms with Crippen LogP contribution in [0.3, 0.4) is 0 Å². The Morgan fingerprint density at radius 2 is 2.04 bits per heavy atom. The maximum absolute atomic E-state index is 6.39. The molecule has 1 aliphatic heterocycles. The van der Waals surface area contributed by atoms with Crippen LogP contribution in [0, 0.1) is 13.8 Å². The van der Waals surface area contributed by atoms with Gasteiger partial charge in [0.15, 0.2) is 5.76 Å². The standard InChI is InChI=1S/C17H16ClN5O/c1-10-5-11(2)17(20-7-10)12-6-16(19-8-13(12)18)23-4-3-14-15(9-23)24-22-21-14/h5-8H,3-4,9H2,1-2H3. The molecule has 0 atom stereocenters. The fourth-order valence-corrected chi connectivity index (χ4v) is 3.20. The highest BCUT2D eigenvalue weighted by Gasteiger charge is 2.23. The Kier molecular flexibility index (Phi) is 3.69. The molecule has 24 heavy (non-hydrogen) atoms. The van der Waals surface area contributed by atoms with E-state index in [0.29, 0.717) is 11.6 Å². The number of nitrogens with zero attached hydrogens (tertiary/aromatic N) is 5. The van der Waals surface area contributed by atoms with E-state index in [9.17, 15) is 0 Å². The number of fused-ring (bicyclic) bond motifs is 1. The van der Waals surface area contributed by atoms with Crippen molar-refractivity contribution in [2.75, 3.05) is 11.4 Å².